The summed E-state index contributed by atoms with van der Waals surface area (Å²) in [6.07, 6.45) is 0.185. The van der Waals surface area contributed by atoms with Crippen LogP contribution in [-0.2, 0) is 21.2 Å². The molecule has 180 valence electrons. The monoisotopic (exact) mass is 546 g/mol. The molecular weight excluding hydrogens is 520 g/mol. The predicted octanol–water partition coefficient (Wildman–Crippen LogP) is 4.23. The van der Waals surface area contributed by atoms with Crippen molar-refractivity contribution in [1.82, 2.24) is 10.0 Å². The van der Waals surface area contributed by atoms with Gasteiger partial charge in [-0.1, -0.05) is 58.4 Å². The minimum Gasteiger partial charge on any atom is -0.493 e. The maximum Gasteiger partial charge on any atom is 0.241 e. The lowest BCUT2D eigenvalue weighted by Crippen LogP contribution is -2.48. The molecule has 0 heterocycles. The average Bonchev–Trinajstić information content (AvgIpc) is 2.83. The lowest BCUT2D eigenvalue weighted by atomic mass is 10.0. The molecule has 0 aliphatic carbocycles. The van der Waals surface area contributed by atoms with Gasteiger partial charge in [0.25, 0.3) is 0 Å². The summed E-state index contributed by atoms with van der Waals surface area (Å²) in [5.41, 5.74) is 1.72. The second kappa shape index (κ2) is 11.5. The number of methoxy groups -OCH3 is 2. The van der Waals surface area contributed by atoms with Gasteiger partial charge < -0.3 is 14.8 Å². The third-order valence-electron chi connectivity index (χ3n) is 5.27. The molecule has 0 aliphatic rings. The van der Waals surface area contributed by atoms with Crippen molar-refractivity contribution in [3.63, 3.8) is 0 Å². The Labute approximate surface area is 208 Å². The fraction of sp³-hybridized carbons (Fsp3) is 0.240. The van der Waals surface area contributed by atoms with Gasteiger partial charge in [-0.05, 0) is 48.7 Å². The van der Waals surface area contributed by atoms with Crippen LogP contribution in [0.25, 0.3) is 0 Å². The van der Waals surface area contributed by atoms with Crippen molar-refractivity contribution in [1.29, 1.82) is 0 Å². The Bertz CT molecular complexity index is 1240. The molecule has 1 amide bonds. The Morgan fingerprint density at radius 3 is 2.29 bits per heavy atom. The lowest BCUT2D eigenvalue weighted by molar-refractivity contribution is -0.123. The number of hydrogen-bond acceptors (Lipinski definition) is 5. The van der Waals surface area contributed by atoms with Crippen LogP contribution in [-0.4, -0.2) is 34.6 Å². The summed E-state index contributed by atoms with van der Waals surface area (Å²) in [7, 11) is -1.15. The molecule has 0 radical (unpaired) electrons. The van der Waals surface area contributed by atoms with Crippen LogP contribution in [0.2, 0.25) is 0 Å². The topological polar surface area (TPSA) is 93.7 Å². The molecule has 2 atom stereocenters. The molecule has 34 heavy (non-hydrogen) atoms. The first-order valence-electron chi connectivity index (χ1n) is 10.6. The summed E-state index contributed by atoms with van der Waals surface area (Å²) in [4.78, 5) is 13.2. The summed E-state index contributed by atoms with van der Waals surface area (Å²) in [6, 6.07) is 19.8. The van der Waals surface area contributed by atoms with Crippen LogP contribution in [0.1, 0.15) is 24.1 Å². The summed E-state index contributed by atoms with van der Waals surface area (Å²) in [6.45, 7) is 1.85. The summed E-state index contributed by atoms with van der Waals surface area (Å²) < 4.78 is 40.3. The second-order valence-electron chi connectivity index (χ2n) is 7.67. The van der Waals surface area contributed by atoms with Crippen molar-refractivity contribution in [3.05, 3.63) is 88.4 Å². The lowest BCUT2D eigenvalue weighted by Gasteiger charge is -2.22. The molecule has 3 aromatic carbocycles. The zero-order valence-electron chi connectivity index (χ0n) is 19.1. The normalized spacial score (nSPS) is 13.1. The molecule has 0 aromatic heterocycles. The Balaban J connectivity index is 1.87. The average molecular weight is 547 g/mol. The van der Waals surface area contributed by atoms with Crippen LogP contribution in [0.15, 0.2) is 82.2 Å². The third kappa shape index (κ3) is 6.59. The fourth-order valence-corrected chi connectivity index (χ4v) is 5.08. The summed E-state index contributed by atoms with van der Waals surface area (Å²) in [5, 5.41) is 2.93. The highest BCUT2D eigenvalue weighted by Gasteiger charge is 2.28. The van der Waals surface area contributed by atoms with Crippen LogP contribution < -0.4 is 19.5 Å². The van der Waals surface area contributed by atoms with E-state index < -0.39 is 22.0 Å². The maximum atomic E-state index is 13.3. The van der Waals surface area contributed by atoms with E-state index in [-0.39, 0.29) is 23.1 Å². The van der Waals surface area contributed by atoms with E-state index in [1.54, 1.807) is 0 Å². The third-order valence-corrected chi connectivity index (χ3v) is 7.23. The van der Waals surface area contributed by atoms with Crippen molar-refractivity contribution < 1.29 is 22.7 Å². The summed E-state index contributed by atoms with van der Waals surface area (Å²) in [5.74, 6) is 0.251. The number of carbonyl (C=O) groups is 1. The van der Waals surface area contributed by atoms with Gasteiger partial charge in [0.15, 0.2) is 11.5 Å². The van der Waals surface area contributed by atoms with E-state index in [1.165, 1.54) is 32.4 Å². The molecule has 3 rings (SSSR count). The van der Waals surface area contributed by atoms with Crippen molar-refractivity contribution in [2.45, 2.75) is 30.3 Å². The standard InChI is InChI=1S/C25H27BrN2O5S/c1-17(19-10-7-11-20(26)15-19)27-25(29)22(14-18-8-5-4-6-9-18)28-34(30,31)21-12-13-23(32-2)24(16-21)33-3/h4-13,15-17,22,28H,14H2,1-3H3,(H,27,29)/t17-,22-/m0/s1. The van der Waals surface area contributed by atoms with Crippen molar-refractivity contribution in [2.75, 3.05) is 14.2 Å². The number of ether oxygens (including phenoxy) is 2. The molecule has 9 heteroatoms. The van der Waals surface area contributed by atoms with E-state index in [4.69, 9.17) is 9.47 Å². The van der Waals surface area contributed by atoms with Crippen LogP contribution in [0.5, 0.6) is 11.5 Å². The smallest absolute Gasteiger partial charge is 0.241 e. The van der Waals surface area contributed by atoms with Gasteiger partial charge in [-0.2, -0.15) is 4.72 Å². The van der Waals surface area contributed by atoms with E-state index in [1.807, 2.05) is 61.5 Å². The van der Waals surface area contributed by atoms with Crippen molar-refractivity contribution in [2.24, 2.45) is 0 Å². The zero-order valence-corrected chi connectivity index (χ0v) is 21.5. The first-order chi connectivity index (χ1) is 16.2. The number of hydrogen-bond donors (Lipinski definition) is 2. The SMILES string of the molecule is COc1ccc(S(=O)(=O)N[C@@H](Cc2ccccc2)C(=O)N[C@@H](C)c2cccc(Br)c2)cc1OC. The number of rotatable bonds is 10. The van der Waals surface area contributed by atoms with Gasteiger partial charge in [0.05, 0.1) is 25.2 Å². The minimum atomic E-state index is -4.04. The minimum absolute atomic E-state index is 0.0314. The van der Waals surface area contributed by atoms with E-state index in [2.05, 4.69) is 26.0 Å². The molecular formula is C25H27BrN2O5S. The van der Waals surface area contributed by atoms with Gasteiger partial charge in [0.2, 0.25) is 15.9 Å². The molecule has 7 nitrogen and oxygen atoms in total. The number of carbonyl (C=O) groups excluding carboxylic acids is 1. The first-order valence-corrected chi connectivity index (χ1v) is 12.8. The quantitative estimate of drug-likeness (QED) is 0.396. The molecule has 0 fully saturated rings. The van der Waals surface area contributed by atoms with Gasteiger partial charge in [0, 0.05) is 10.5 Å². The van der Waals surface area contributed by atoms with Crippen LogP contribution in [0, 0.1) is 0 Å². The van der Waals surface area contributed by atoms with Gasteiger partial charge >= 0.3 is 0 Å². The van der Waals surface area contributed by atoms with Crippen LogP contribution in [0.3, 0.4) is 0 Å². The number of sulfonamides is 1. The number of halogens is 1. The van der Waals surface area contributed by atoms with Gasteiger partial charge in [0.1, 0.15) is 6.04 Å². The molecule has 0 spiro atoms. The van der Waals surface area contributed by atoms with E-state index in [9.17, 15) is 13.2 Å². The Kier molecular flexibility index (Phi) is 8.71. The van der Waals surface area contributed by atoms with Crippen LogP contribution >= 0.6 is 15.9 Å². The highest BCUT2D eigenvalue weighted by molar-refractivity contribution is 9.10. The largest absolute Gasteiger partial charge is 0.493 e. The maximum absolute atomic E-state index is 13.3. The molecule has 3 aromatic rings. The van der Waals surface area contributed by atoms with E-state index in [0.717, 1.165) is 15.6 Å². The first kappa shape index (κ1) is 25.7. The number of nitrogens with one attached hydrogen (secondary N) is 2. The Hall–Kier alpha value is -2.88. The fourth-order valence-electron chi connectivity index (χ4n) is 3.45. The highest BCUT2D eigenvalue weighted by atomic mass is 79.9. The van der Waals surface area contributed by atoms with Crippen molar-refractivity contribution >= 4 is 31.9 Å². The molecule has 0 aliphatic heterocycles. The molecule has 0 saturated heterocycles. The molecule has 0 unspecified atom stereocenters. The van der Waals surface area contributed by atoms with Gasteiger partial charge in [-0.15, -0.1) is 0 Å². The van der Waals surface area contributed by atoms with Crippen LogP contribution in [0.4, 0.5) is 0 Å². The van der Waals surface area contributed by atoms with Gasteiger partial charge in [-0.3, -0.25) is 4.79 Å². The van der Waals surface area contributed by atoms with Gasteiger partial charge in [-0.25, -0.2) is 8.42 Å². The predicted molar refractivity (Wildman–Crippen MR) is 135 cm³/mol. The highest BCUT2D eigenvalue weighted by Crippen LogP contribution is 2.29. The Morgan fingerprint density at radius 1 is 0.941 bits per heavy atom. The number of benzene rings is 3. The molecule has 0 saturated carbocycles. The molecule has 0 bridgehead atoms. The molecule has 2 N–H and O–H groups in total. The van der Waals surface area contributed by atoms with Crippen molar-refractivity contribution in [3.8, 4) is 11.5 Å². The second-order valence-corrected chi connectivity index (χ2v) is 10.3. The zero-order chi connectivity index (χ0) is 24.7. The van der Waals surface area contributed by atoms with E-state index in [0.29, 0.717) is 5.75 Å². The number of amides is 1. The summed E-state index contributed by atoms with van der Waals surface area (Å²) >= 11 is 3.43. The Morgan fingerprint density at radius 2 is 1.65 bits per heavy atom. The van der Waals surface area contributed by atoms with E-state index >= 15 is 0 Å².